The summed E-state index contributed by atoms with van der Waals surface area (Å²) >= 11 is 0. The van der Waals surface area contributed by atoms with E-state index in [0.717, 1.165) is 5.56 Å². The first kappa shape index (κ1) is 19.0. The number of hydrogen-bond donors (Lipinski definition) is 4. The highest BCUT2D eigenvalue weighted by Gasteiger charge is 2.26. The zero-order valence-electron chi connectivity index (χ0n) is 16.4. The lowest BCUT2D eigenvalue weighted by Gasteiger charge is -2.30. The number of aromatic hydroxyl groups is 1. The summed E-state index contributed by atoms with van der Waals surface area (Å²) in [4.78, 5) is 23.4. The molecular formula is C20H24N6O3. The number of aliphatic hydroxyl groups excluding tert-OH is 1. The van der Waals surface area contributed by atoms with Gasteiger partial charge < -0.3 is 26.6 Å². The van der Waals surface area contributed by atoms with E-state index in [1.165, 1.54) is 0 Å². The summed E-state index contributed by atoms with van der Waals surface area (Å²) in [5.41, 5.74) is 14.9. The molecule has 1 aliphatic heterocycles. The Morgan fingerprint density at radius 2 is 1.93 bits per heavy atom. The fourth-order valence-electron chi connectivity index (χ4n) is 3.94. The molecule has 1 saturated heterocycles. The predicted molar refractivity (Wildman–Crippen MR) is 110 cm³/mol. The normalized spacial score (nSPS) is 15.2. The number of benzene rings is 1. The van der Waals surface area contributed by atoms with Gasteiger partial charge in [-0.05, 0) is 38.3 Å². The number of aryl methyl sites for hydroxylation is 1. The molecule has 4 rings (SSSR count). The second kappa shape index (κ2) is 6.93. The van der Waals surface area contributed by atoms with Crippen LogP contribution in [-0.2, 0) is 0 Å². The van der Waals surface area contributed by atoms with E-state index in [0.29, 0.717) is 54.2 Å². The smallest absolute Gasteiger partial charge is 0.254 e. The van der Waals surface area contributed by atoms with Crippen molar-refractivity contribution in [3.8, 4) is 11.4 Å². The van der Waals surface area contributed by atoms with Crippen LogP contribution in [0.1, 0.15) is 34.3 Å². The van der Waals surface area contributed by atoms with E-state index in [1.807, 2.05) is 11.8 Å². The summed E-state index contributed by atoms with van der Waals surface area (Å²) in [6.07, 6.45) is 2.62. The van der Waals surface area contributed by atoms with Crippen LogP contribution in [0.3, 0.4) is 0 Å². The van der Waals surface area contributed by atoms with Crippen molar-refractivity contribution in [1.29, 1.82) is 0 Å². The number of primary amides is 1. The monoisotopic (exact) mass is 396 g/mol. The zero-order valence-corrected chi connectivity index (χ0v) is 16.4. The number of phenols is 1. The molecule has 0 atom stereocenters. The molecule has 0 aliphatic carbocycles. The number of nitrogen functional groups attached to an aromatic ring is 1. The van der Waals surface area contributed by atoms with Crippen molar-refractivity contribution in [2.24, 2.45) is 5.73 Å². The van der Waals surface area contributed by atoms with Crippen molar-refractivity contribution in [3.63, 3.8) is 0 Å². The number of carbonyl (C=O) groups is 1. The number of carbonyl (C=O) groups excluding carboxylic acids is 1. The second-order valence-electron chi connectivity index (χ2n) is 7.45. The van der Waals surface area contributed by atoms with Crippen molar-refractivity contribution >= 4 is 28.7 Å². The third-order valence-electron chi connectivity index (χ3n) is 5.55. The van der Waals surface area contributed by atoms with Gasteiger partial charge in [-0.1, -0.05) is 6.07 Å². The van der Waals surface area contributed by atoms with Crippen LogP contribution in [0.2, 0.25) is 0 Å². The van der Waals surface area contributed by atoms with Gasteiger partial charge in [0.15, 0.2) is 5.65 Å². The quantitative estimate of drug-likeness (QED) is 0.523. The highest BCUT2D eigenvalue weighted by molar-refractivity contribution is 6.09. The van der Waals surface area contributed by atoms with E-state index in [2.05, 4.69) is 9.97 Å². The molecule has 3 aromatic rings. The topological polar surface area (TPSA) is 144 Å². The maximum absolute atomic E-state index is 12.2. The zero-order chi connectivity index (χ0) is 20.9. The first-order valence-electron chi connectivity index (χ1n) is 9.49. The number of aliphatic hydroxyl groups is 1. The van der Waals surface area contributed by atoms with Gasteiger partial charge in [0.2, 0.25) is 0 Å². The Morgan fingerprint density at radius 3 is 2.59 bits per heavy atom. The van der Waals surface area contributed by atoms with E-state index >= 15 is 0 Å². The summed E-state index contributed by atoms with van der Waals surface area (Å²) < 4.78 is 1.62. The van der Waals surface area contributed by atoms with Gasteiger partial charge >= 0.3 is 0 Å². The number of nitrogens with two attached hydrogens (primary N) is 2. The largest absolute Gasteiger partial charge is 0.508 e. The maximum atomic E-state index is 12.2. The number of anilines is 2. The molecule has 0 radical (unpaired) electrons. The summed E-state index contributed by atoms with van der Waals surface area (Å²) in [6, 6.07) is 3.38. The van der Waals surface area contributed by atoms with E-state index in [9.17, 15) is 15.0 Å². The highest BCUT2D eigenvalue weighted by Crippen LogP contribution is 2.35. The van der Waals surface area contributed by atoms with Crippen LogP contribution in [0.15, 0.2) is 18.3 Å². The lowest BCUT2D eigenvalue weighted by molar-refractivity contribution is 0.100. The molecule has 1 fully saturated rings. The average molecular weight is 396 g/mol. The van der Waals surface area contributed by atoms with Crippen molar-refractivity contribution in [1.82, 2.24) is 14.5 Å². The van der Waals surface area contributed by atoms with Gasteiger partial charge in [0.1, 0.15) is 28.5 Å². The summed E-state index contributed by atoms with van der Waals surface area (Å²) in [5.74, 6) is 0.162. The molecule has 3 heterocycles. The van der Waals surface area contributed by atoms with Gasteiger partial charge in [0, 0.05) is 18.7 Å². The van der Waals surface area contributed by atoms with Gasteiger partial charge in [0.25, 0.3) is 5.91 Å². The molecular weight excluding hydrogens is 372 g/mol. The van der Waals surface area contributed by atoms with Crippen LogP contribution >= 0.6 is 0 Å². The van der Waals surface area contributed by atoms with Crippen LogP contribution in [0.5, 0.6) is 5.75 Å². The van der Waals surface area contributed by atoms with Crippen molar-refractivity contribution < 1.29 is 15.0 Å². The number of phenolic OH excluding ortho intramolecular Hbond substituents is 1. The minimum atomic E-state index is -0.692. The summed E-state index contributed by atoms with van der Waals surface area (Å²) in [7, 11) is 0. The van der Waals surface area contributed by atoms with Crippen LogP contribution in [0, 0.1) is 13.8 Å². The van der Waals surface area contributed by atoms with Crippen LogP contribution in [0.25, 0.3) is 16.9 Å². The number of rotatable bonds is 3. The molecule has 1 aromatic carbocycles. The van der Waals surface area contributed by atoms with Gasteiger partial charge in [-0.25, -0.2) is 9.97 Å². The standard InChI is InChI=1S/C20H24N6O3/c1-10-3-4-13(28)11(2)17(10)26-18(21)15(19(22)29)16-20(26)23-9-14(24-16)25-7-5-12(27)6-8-25/h3-4,9,12,27-28H,5-8,21H2,1-2H3,(H2,22,29). The molecule has 0 bridgehead atoms. The van der Waals surface area contributed by atoms with Crippen LogP contribution < -0.4 is 16.4 Å². The van der Waals surface area contributed by atoms with Crippen LogP contribution in [-0.4, -0.2) is 49.8 Å². The lowest BCUT2D eigenvalue weighted by Crippen LogP contribution is -2.36. The van der Waals surface area contributed by atoms with Gasteiger partial charge in [-0.2, -0.15) is 0 Å². The van der Waals surface area contributed by atoms with Crippen molar-refractivity contribution in [2.45, 2.75) is 32.8 Å². The average Bonchev–Trinajstić information content (AvgIpc) is 2.97. The second-order valence-corrected chi connectivity index (χ2v) is 7.45. The molecule has 0 spiro atoms. The van der Waals surface area contributed by atoms with Crippen molar-refractivity contribution in [2.75, 3.05) is 23.7 Å². The molecule has 6 N–H and O–H groups in total. The van der Waals surface area contributed by atoms with Crippen LogP contribution in [0.4, 0.5) is 11.6 Å². The molecule has 1 amide bonds. The molecule has 0 unspecified atom stereocenters. The van der Waals surface area contributed by atoms with E-state index < -0.39 is 5.91 Å². The number of nitrogens with zero attached hydrogens (tertiary/aromatic N) is 4. The molecule has 2 aromatic heterocycles. The Hall–Kier alpha value is -3.33. The SMILES string of the molecule is Cc1ccc(O)c(C)c1-n1c(N)c(C(N)=O)c2nc(N3CCC(O)CC3)cnc21. The Bertz CT molecular complexity index is 1120. The van der Waals surface area contributed by atoms with E-state index in [-0.39, 0.29) is 23.2 Å². The van der Waals surface area contributed by atoms with E-state index in [4.69, 9.17) is 11.5 Å². The summed E-state index contributed by atoms with van der Waals surface area (Å²) in [6.45, 7) is 4.95. The number of fused-ring (bicyclic) bond motifs is 1. The maximum Gasteiger partial charge on any atom is 0.254 e. The minimum Gasteiger partial charge on any atom is -0.508 e. The van der Waals surface area contributed by atoms with Gasteiger partial charge in [0.05, 0.1) is 18.0 Å². The highest BCUT2D eigenvalue weighted by atomic mass is 16.3. The Morgan fingerprint density at radius 1 is 1.24 bits per heavy atom. The fraction of sp³-hybridized carbons (Fsp3) is 0.350. The fourth-order valence-corrected chi connectivity index (χ4v) is 3.94. The summed E-state index contributed by atoms with van der Waals surface area (Å²) in [5, 5.41) is 19.9. The number of amides is 1. The first-order chi connectivity index (χ1) is 13.8. The van der Waals surface area contributed by atoms with Gasteiger partial charge in [-0.3, -0.25) is 9.36 Å². The molecule has 152 valence electrons. The van der Waals surface area contributed by atoms with Gasteiger partial charge in [-0.15, -0.1) is 0 Å². The molecule has 9 heteroatoms. The first-order valence-corrected chi connectivity index (χ1v) is 9.49. The number of hydrogen-bond acceptors (Lipinski definition) is 7. The molecule has 0 saturated carbocycles. The third kappa shape index (κ3) is 3.03. The predicted octanol–water partition coefficient (Wildman–Crippen LogP) is 1.39. The third-order valence-corrected chi connectivity index (χ3v) is 5.55. The van der Waals surface area contributed by atoms with Crippen molar-refractivity contribution in [3.05, 3.63) is 35.0 Å². The Kier molecular flexibility index (Phi) is 4.54. The number of piperidine rings is 1. The Labute approximate surface area is 167 Å². The number of aromatic nitrogens is 3. The molecule has 29 heavy (non-hydrogen) atoms. The lowest BCUT2D eigenvalue weighted by atomic mass is 10.1. The molecule has 1 aliphatic rings. The molecule has 9 nitrogen and oxygen atoms in total. The van der Waals surface area contributed by atoms with E-state index in [1.54, 1.807) is 29.8 Å². The minimum absolute atomic E-state index is 0.105. The Balaban J connectivity index is 1.95.